The van der Waals surface area contributed by atoms with E-state index in [1.807, 2.05) is 18.0 Å². The highest BCUT2D eigenvalue weighted by Crippen LogP contribution is 2.67. The monoisotopic (exact) mass is 917 g/mol. The van der Waals surface area contributed by atoms with Crippen molar-refractivity contribution < 1.29 is 0 Å². The Bertz CT molecular complexity index is 4280. The summed E-state index contributed by atoms with van der Waals surface area (Å²) in [6.07, 6.45) is 4.02. The smallest absolute Gasteiger partial charge is 0.0939 e. The standard InChI is InChI=1S/C67H39N3S/c1-3-22-47-41(16-1)42-17-2-4-23-48(42)63(47)39-31-32-60-50(34-39)46-21-8-13-29-59(46)70(60)40-35-58-65(69-38-40)64-55(28-15-33-68-64)67(58)54-27-12-14-30-61(54)71-62-37-56-49(36-57(62)67)45-20-7-11-26-53(45)66(56)51-24-9-5-18-43(51)44-19-6-10-25-52(44)66/h1-38,63H. The van der Waals surface area contributed by atoms with E-state index in [0.717, 1.165) is 33.7 Å². The van der Waals surface area contributed by atoms with E-state index in [-0.39, 0.29) is 5.92 Å². The van der Waals surface area contributed by atoms with E-state index in [2.05, 4.69) is 229 Å². The average Bonchev–Trinajstić information content (AvgIpc) is 4.21. The van der Waals surface area contributed by atoms with Crippen LogP contribution in [-0.4, -0.2) is 14.5 Å². The predicted molar refractivity (Wildman–Crippen MR) is 287 cm³/mol. The van der Waals surface area contributed by atoms with Crippen LogP contribution in [0.2, 0.25) is 0 Å². The Balaban J connectivity index is 0.922. The van der Waals surface area contributed by atoms with Crippen LogP contribution in [0.1, 0.15) is 67.1 Å². The summed E-state index contributed by atoms with van der Waals surface area (Å²) in [6, 6.07) is 82.4. The summed E-state index contributed by atoms with van der Waals surface area (Å²) in [6.45, 7) is 0. The molecule has 1 aliphatic heterocycles. The first-order chi connectivity index (χ1) is 35.2. The molecule has 0 amide bonds. The Hall–Kier alpha value is -8.57. The number of rotatable bonds is 2. The van der Waals surface area contributed by atoms with Crippen molar-refractivity contribution in [2.24, 2.45) is 0 Å². The molecule has 2 spiro atoms. The number of aromatic nitrogens is 3. The summed E-state index contributed by atoms with van der Waals surface area (Å²) in [7, 11) is 0. The lowest BCUT2D eigenvalue weighted by molar-refractivity contribution is 0.714. The summed E-state index contributed by atoms with van der Waals surface area (Å²) in [5.41, 5.74) is 26.3. The molecule has 12 aromatic rings. The van der Waals surface area contributed by atoms with E-state index in [1.165, 1.54) is 110 Å². The molecule has 3 aromatic heterocycles. The molecule has 71 heavy (non-hydrogen) atoms. The van der Waals surface area contributed by atoms with Crippen molar-refractivity contribution in [1.29, 1.82) is 0 Å². The third-order valence-corrected chi connectivity index (χ3v) is 18.0. The molecule has 0 radical (unpaired) electrons. The molecule has 4 heteroatoms. The molecule has 0 saturated carbocycles. The molecule has 328 valence electrons. The van der Waals surface area contributed by atoms with Crippen molar-refractivity contribution in [3.05, 3.63) is 292 Å². The van der Waals surface area contributed by atoms with E-state index < -0.39 is 10.8 Å². The van der Waals surface area contributed by atoms with Gasteiger partial charge in [0.15, 0.2) is 0 Å². The Labute approximate surface area is 414 Å². The molecule has 0 bridgehead atoms. The number of para-hydroxylation sites is 1. The largest absolute Gasteiger partial charge is 0.308 e. The molecule has 1 unspecified atom stereocenters. The molecular weight excluding hydrogens is 879 g/mol. The van der Waals surface area contributed by atoms with E-state index in [1.54, 1.807) is 0 Å². The van der Waals surface area contributed by atoms with Crippen molar-refractivity contribution in [2.75, 3.05) is 0 Å². The Morgan fingerprint density at radius 1 is 0.366 bits per heavy atom. The second kappa shape index (κ2) is 13.6. The predicted octanol–water partition coefficient (Wildman–Crippen LogP) is 15.9. The van der Waals surface area contributed by atoms with Crippen LogP contribution in [0.3, 0.4) is 0 Å². The molecule has 0 saturated heterocycles. The van der Waals surface area contributed by atoms with Gasteiger partial charge in [0, 0.05) is 38.2 Å². The first-order valence-electron chi connectivity index (χ1n) is 24.7. The molecule has 9 aromatic carbocycles. The number of nitrogens with zero attached hydrogens (tertiary/aromatic N) is 3. The van der Waals surface area contributed by atoms with Crippen molar-refractivity contribution in [3.63, 3.8) is 0 Å². The molecule has 1 atom stereocenters. The third kappa shape index (κ3) is 4.59. The Kier molecular flexibility index (Phi) is 7.34. The van der Waals surface area contributed by atoms with Crippen LogP contribution < -0.4 is 0 Å². The Morgan fingerprint density at radius 2 is 0.930 bits per heavy atom. The van der Waals surface area contributed by atoms with E-state index in [9.17, 15) is 0 Å². The minimum Gasteiger partial charge on any atom is -0.308 e. The van der Waals surface area contributed by atoms with Crippen molar-refractivity contribution in [2.45, 2.75) is 26.5 Å². The number of hydrogen-bond donors (Lipinski definition) is 0. The minimum atomic E-state index is -0.695. The van der Waals surface area contributed by atoms with Crippen molar-refractivity contribution in [3.8, 4) is 50.5 Å². The third-order valence-electron chi connectivity index (χ3n) is 16.8. The fraction of sp³-hybridized carbons (Fsp3) is 0.0448. The van der Waals surface area contributed by atoms with Gasteiger partial charge >= 0.3 is 0 Å². The zero-order valence-electron chi connectivity index (χ0n) is 38.3. The van der Waals surface area contributed by atoms with Crippen LogP contribution in [0, 0.1) is 0 Å². The highest BCUT2D eigenvalue weighted by atomic mass is 32.2. The first-order valence-corrected chi connectivity index (χ1v) is 25.5. The second-order valence-corrected chi connectivity index (χ2v) is 20.9. The van der Waals surface area contributed by atoms with E-state index >= 15 is 0 Å². The fourth-order valence-electron chi connectivity index (χ4n) is 14.3. The first kappa shape index (κ1) is 38.3. The zero-order valence-corrected chi connectivity index (χ0v) is 39.1. The van der Waals surface area contributed by atoms with Gasteiger partial charge in [-0.15, -0.1) is 0 Å². The number of fused-ring (bicyclic) bond motifs is 25. The molecule has 0 N–H and O–H groups in total. The van der Waals surface area contributed by atoms with Gasteiger partial charge in [0.05, 0.1) is 45.1 Å². The molecule has 5 aliphatic rings. The van der Waals surface area contributed by atoms with Crippen LogP contribution in [0.4, 0.5) is 0 Å². The number of pyridine rings is 2. The van der Waals surface area contributed by atoms with Gasteiger partial charge in [-0.3, -0.25) is 9.97 Å². The highest BCUT2D eigenvalue weighted by Gasteiger charge is 2.56. The van der Waals surface area contributed by atoms with Crippen LogP contribution in [-0.2, 0) is 10.8 Å². The van der Waals surface area contributed by atoms with Crippen LogP contribution in [0.15, 0.2) is 241 Å². The van der Waals surface area contributed by atoms with E-state index in [0.29, 0.717) is 0 Å². The van der Waals surface area contributed by atoms with Gasteiger partial charge in [-0.1, -0.05) is 182 Å². The van der Waals surface area contributed by atoms with Gasteiger partial charge in [0.25, 0.3) is 0 Å². The molecule has 3 nitrogen and oxygen atoms in total. The van der Waals surface area contributed by atoms with Crippen LogP contribution in [0.25, 0.3) is 72.3 Å². The lowest BCUT2D eigenvalue weighted by Crippen LogP contribution is -2.33. The highest BCUT2D eigenvalue weighted by molar-refractivity contribution is 7.99. The summed E-state index contributed by atoms with van der Waals surface area (Å²) < 4.78 is 2.45. The maximum Gasteiger partial charge on any atom is 0.0939 e. The van der Waals surface area contributed by atoms with Gasteiger partial charge < -0.3 is 4.57 Å². The molecule has 4 heterocycles. The average molecular weight is 918 g/mol. The summed E-state index contributed by atoms with van der Waals surface area (Å²) in [5, 5.41) is 2.47. The minimum absolute atomic E-state index is 0.159. The summed E-state index contributed by atoms with van der Waals surface area (Å²) in [4.78, 5) is 13.3. The quantitative estimate of drug-likeness (QED) is 0.173. The lowest BCUT2D eigenvalue weighted by Gasteiger charge is -2.40. The molecule has 4 aliphatic carbocycles. The summed E-state index contributed by atoms with van der Waals surface area (Å²) in [5.74, 6) is 0.159. The maximum absolute atomic E-state index is 5.52. The van der Waals surface area contributed by atoms with E-state index in [4.69, 9.17) is 9.97 Å². The number of hydrogen-bond acceptors (Lipinski definition) is 3. The maximum atomic E-state index is 5.52. The second-order valence-electron chi connectivity index (χ2n) is 19.9. The molecule has 17 rings (SSSR count). The zero-order chi connectivity index (χ0) is 46.2. The Morgan fingerprint density at radius 3 is 1.66 bits per heavy atom. The number of benzene rings is 9. The van der Waals surface area contributed by atoms with Crippen LogP contribution >= 0.6 is 11.8 Å². The lowest BCUT2D eigenvalue weighted by atomic mass is 9.66. The fourth-order valence-corrected chi connectivity index (χ4v) is 15.5. The van der Waals surface area contributed by atoms with Crippen molar-refractivity contribution in [1.82, 2.24) is 14.5 Å². The van der Waals surface area contributed by atoms with Gasteiger partial charge in [-0.05, 0) is 138 Å². The SMILES string of the molecule is c1ccc2c(c1)Sc1cc3c(cc1C21c2cccnc2-c2ncc(-n4c5ccccc5c5cc(C6c7ccccc7-c7ccccc76)ccc54)cc21)-c1ccccc1C31c2ccccc2-c2ccccc21. The normalized spacial score (nSPS) is 16.5. The van der Waals surface area contributed by atoms with Gasteiger partial charge in [0.1, 0.15) is 0 Å². The molecule has 0 fully saturated rings. The molecular formula is C67H39N3S. The van der Waals surface area contributed by atoms with Gasteiger partial charge in [-0.2, -0.15) is 0 Å². The van der Waals surface area contributed by atoms with Gasteiger partial charge in [0.2, 0.25) is 0 Å². The van der Waals surface area contributed by atoms with Crippen LogP contribution in [0.5, 0.6) is 0 Å². The summed E-state index contributed by atoms with van der Waals surface area (Å²) >= 11 is 1.91. The topological polar surface area (TPSA) is 30.7 Å². The van der Waals surface area contributed by atoms with Crippen molar-refractivity contribution >= 4 is 33.6 Å². The van der Waals surface area contributed by atoms with Gasteiger partial charge in [-0.25, -0.2) is 0 Å².